The smallest absolute Gasteiger partial charge is 0.321 e. The Kier molecular flexibility index (Phi) is 3.62. The monoisotopic (exact) mass is 363 g/mol. The lowest BCUT2D eigenvalue weighted by Crippen LogP contribution is -2.45. The maximum Gasteiger partial charge on any atom is 0.321 e. The molecule has 0 fully saturated rings. The third kappa shape index (κ3) is 2.56. The Hall–Kier alpha value is -2.99. The summed E-state index contributed by atoms with van der Waals surface area (Å²) in [6.07, 6.45) is 0.468. The van der Waals surface area contributed by atoms with Crippen molar-refractivity contribution < 1.29 is 14.6 Å². The lowest BCUT2D eigenvalue weighted by molar-refractivity contribution is -0.139. The first-order chi connectivity index (χ1) is 13.1. The molecular formula is C21H21N3O3. The number of ether oxygens (including phenoxy) is 1. The van der Waals surface area contributed by atoms with Crippen molar-refractivity contribution in [2.45, 2.75) is 18.5 Å². The number of para-hydroxylation sites is 1. The summed E-state index contributed by atoms with van der Waals surface area (Å²) in [5.41, 5.74) is 5.22. The van der Waals surface area contributed by atoms with Crippen LogP contribution in [0.1, 0.15) is 22.9 Å². The number of rotatable bonds is 2. The first-order valence-corrected chi connectivity index (χ1v) is 9.18. The van der Waals surface area contributed by atoms with Crippen molar-refractivity contribution in [3.8, 4) is 5.75 Å². The molecule has 5 rings (SSSR count). The van der Waals surface area contributed by atoms with Crippen LogP contribution in [0, 0.1) is 0 Å². The average molecular weight is 363 g/mol. The number of carboxylic acids is 1. The average Bonchev–Trinajstić information content (AvgIpc) is 3.06. The number of hydrogen-bond acceptors (Lipinski definition) is 4. The highest BCUT2D eigenvalue weighted by Gasteiger charge is 2.34. The summed E-state index contributed by atoms with van der Waals surface area (Å²) in [6.45, 7) is 1.52. The van der Waals surface area contributed by atoms with Gasteiger partial charge in [-0.15, -0.1) is 0 Å². The minimum Gasteiger partial charge on any atom is -0.490 e. The van der Waals surface area contributed by atoms with Gasteiger partial charge in [-0.25, -0.2) is 0 Å². The fourth-order valence-corrected chi connectivity index (χ4v) is 4.21. The fraction of sp³-hybridized carbons (Fsp3) is 0.286. The van der Waals surface area contributed by atoms with E-state index in [-0.39, 0.29) is 6.04 Å². The zero-order chi connectivity index (χ0) is 18.5. The molecule has 138 valence electrons. The molecule has 0 saturated heterocycles. The number of anilines is 1. The molecule has 3 N–H and O–H groups in total. The van der Waals surface area contributed by atoms with Crippen molar-refractivity contribution in [3.05, 3.63) is 59.3 Å². The molecule has 2 unspecified atom stereocenters. The van der Waals surface area contributed by atoms with Gasteiger partial charge in [0.2, 0.25) is 0 Å². The molecule has 3 heterocycles. The van der Waals surface area contributed by atoms with E-state index in [4.69, 9.17) is 4.74 Å². The zero-order valence-corrected chi connectivity index (χ0v) is 15.0. The second kappa shape index (κ2) is 6.03. The molecule has 6 heteroatoms. The van der Waals surface area contributed by atoms with E-state index < -0.39 is 12.0 Å². The lowest BCUT2D eigenvalue weighted by Gasteiger charge is -2.32. The number of likely N-dealkylation sites (N-methyl/N-ethyl adjacent to an activating group) is 1. The maximum atomic E-state index is 11.8. The predicted octanol–water partition coefficient (Wildman–Crippen LogP) is 2.68. The minimum atomic E-state index is -0.829. The number of carbonyl (C=O) groups is 1. The number of carboxylic acid groups (broad SMARTS) is 1. The summed E-state index contributed by atoms with van der Waals surface area (Å²) in [6, 6.07) is 13.4. The first kappa shape index (κ1) is 16.2. The van der Waals surface area contributed by atoms with Crippen molar-refractivity contribution in [1.82, 2.24) is 10.3 Å². The fourth-order valence-electron chi connectivity index (χ4n) is 4.21. The van der Waals surface area contributed by atoms with Gasteiger partial charge in [-0.05, 0) is 29.3 Å². The molecular weight excluding hydrogens is 342 g/mol. The summed E-state index contributed by atoms with van der Waals surface area (Å²) in [7, 11) is 2.05. The maximum absolute atomic E-state index is 11.8. The van der Waals surface area contributed by atoms with Gasteiger partial charge in [0.25, 0.3) is 0 Å². The second-order valence-corrected chi connectivity index (χ2v) is 7.25. The molecule has 0 bridgehead atoms. The SMILES string of the molecule is CN1CCOc2cc(C3NC(C(=O)O)Cc4c3[nH]c3ccccc43)ccc21. The number of nitrogens with zero attached hydrogens (tertiary/aromatic N) is 1. The van der Waals surface area contributed by atoms with Crippen molar-refractivity contribution in [3.63, 3.8) is 0 Å². The van der Waals surface area contributed by atoms with Crippen LogP contribution in [0.5, 0.6) is 5.75 Å². The Morgan fingerprint density at radius 2 is 2.11 bits per heavy atom. The van der Waals surface area contributed by atoms with E-state index in [1.165, 1.54) is 0 Å². The number of aromatic nitrogens is 1. The Morgan fingerprint density at radius 3 is 2.96 bits per heavy atom. The molecule has 3 aromatic rings. The van der Waals surface area contributed by atoms with Gasteiger partial charge in [0.15, 0.2) is 0 Å². The van der Waals surface area contributed by atoms with Gasteiger partial charge in [0.1, 0.15) is 18.4 Å². The molecule has 0 radical (unpaired) electrons. The van der Waals surface area contributed by atoms with Gasteiger partial charge in [-0.2, -0.15) is 0 Å². The van der Waals surface area contributed by atoms with E-state index in [2.05, 4.69) is 40.4 Å². The van der Waals surface area contributed by atoms with Crippen LogP contribution >= 0.6 is 0 Å². The summed E-state index contributed by atoms with van der Waals surface area (Å²) in [5, 5.41) is 14.1. The van der Waals surface area contributed by atoms with Gasteiger partial charge in [-0.1, -0.05) is 24.3 Å². The predicted molar refractivity (Wildman–Crippen MR) is 104 cm³/mol. The molecule has 0 saturated carbocycles. The normalized spacial score (nSPS) is 21.4. The van der Waals surface area contributed by atoms with Crippen LogP contribution in [0.3, 0.4) is 0 Å². The topological polar surface area (TPSA) is 77.6 Å². The first-order valence-electron chi connectivity index (χ1n) is 9.18. The molecule has 27 heavy (non-hydrogen) atoms. The van der Waals surface area contributed by atoms with Crippen molar-refractivity contribution in [2.24, 2.45) is 0 Å². The quantitative estimate of drug-likeness (QED) is 0.653. The number of aromatic amines is 1. The van der Waals surface area contributed by atoms with Gasteiger partial charge in [0, 0.05) is 30.1 Å². The molecule has 2 aliphatic heterocycles. The van der Waals surface area contributed by atoms with Crippen LogP contribution < -0.4 is 15.0 Å². The van der Waals surface area contributed by atoms with Crippen LogP contribution in [0.25, 0.3) is 10.9 Å². The minimum absolute atomic E-state index is 0.219. The summed E-state index contributed by atoms with van der Waals surface area (Å²) in [4.78, 5) is 17.4. The molecule has 0 amide bonds. The van der Waals surface area contributed by atoms with Crippen molar-refractivity contribution in [1.29, 1.82) is 0 Å². The Bertz CT molecular complexity index is 1040. The molecule has 6 nitrogen and oxygen atoms in total. The highest BCUT2D eigenvalue weighted by Crippen LogP contribution is 2.39. The van der Waals surface area contributed by atoms with Gasteiger partial charge in [0.05, 0.1) is 18.3 Å². The third-order valence-corrected chi connectivity index (χ3v) is 5.62. The second-order valence-electron chi connectivity index (χ2n) is 7.25. The molecule has 1 aromatic heterocycles. The number of H-pyrrole nitrogens is 1. The third-order valence-electron chi connectivity index (χ3n) is 5.62. The molecule has 0 aliphatic carbocycles. The van der Waals surface area contributed by atoms with E-state index in [0.717, 1.165) is 45.7 Å². The van der Waals surface area contributed by atoms with Crippen LogP contribution in [0.2, 0.25) is 0 Å². The number of aliphatic carboxylic acids is 1. The van der Waals surface area contributed by atoms with Crippen molar-refractivity contribution in [2.75, 3.05) is 25.1 Å². The number of benzene rings is 2. The number of fused-ring (bicyclic) bond motifs is 4. The van der Waals surface area contributed by atoms with Crippen LogP contribution in [0.4, 0.5) is 5.69 Å². The Balaban J connectivity index is 1.65. The molecule has 2 atom stereocenters. The number of hydrogen-bond donors (Lipinski definition) is 3. The lowest BCUT2D eigenvalue weighted by atomic mass is 9.90. The van der Waals surface area contributed by atoms with E-state index in [1.54, 1.807) is 0 Å². The highest BCUT2D eigenvalue weighted by atomic mass is 16.5. The van der Waals surface area contributed by atoms with E-state index >= 15 is 0 Å². The van der Waals surface area contributed by atoms with Gasteiger partial charge < -0.3 is 19.7 Å². The summed E-state index contributed by atoms with van der Waals surface area (Å²) < 4.78 is 5.85. The molecule has 2 aromatic carbocycles. The molecule has 2 aliphatic rings. The summed E-state index contributed by atoms with van der Waals surface area (Å²) in [5.74, 6) is 0.0167. The van der Waals surface area contributed by atoms with Gasteiger partial charge in [-0.3, -0.25) is 10.1 Å². The van der Waals surface area contributed by atoms with E-state index in [9.17, 15) is 9.90 Å². The van der Waals surface area contributed by atoms with Crippen LogP contribution in [-0.2, 0) is 11.2 Å². The van der Waals surface area contributed by atoms with Crippen LogP contribution in [0.15, 0.2) is 42.5 Å². The molecule has 0 spiro atoms. The van der Waals surface area contributed by atoms with Gasteiger partial charge >= 0.3 is 5.97 Å². The summed E-state index contributed by atoms with van der Waals surface area (Å²) >= 11 is 0. The zero-order valence-electron chi connectivity index (χ0n) is 15.0. The largest absolute Gasteiger partial charge is 0.490 e. The Morgan fingerprint density at radius 1 is 1.26 bits per heavy atom. The van der Waals surface area contributed by atoms with E-state index in [1.807, 2.05) is 24.3 Å². The number of nitrogens with one attached hydrogen (secondary N) is 2. The standard InChI is InChI=1S/C21H21N3O3/c1-24-8-9-27-18-10-12(6-7-17(18)24)19-20-14(11-16(23-19)21(25)26)13-4-2-3-5-15(13)22-20/h2-7,10,16,19,22-23H,8-9,11H2,1H3,(H,25,26). The Labute approximate surface area is 156 Å². The van der Waals surface area contributed by atoms with Crippen molar-refractivity contribution >= 4 is 22.6 Å². The van der Waals surface area contributed by atoms with Crippen LogP contribution in [-0.4, -0.2) is 42.3 Å². The highest BCUT2D eigenvalue weighted by molar-refractivity contribution is 5.87. The van der Waals surface area contributed by atoms with E-state index in [0.29, 0.717) is 13.0 Å².